The molecule has 1 atom stereocenters. The molecule has 1 aromatic heterocycles. The van der Waals surface area contributed by atoms with Gasteiger partial charge in [-0.05, 0) is 25.8 Å². The van der Waals surface area contributed by atoms with Gasteiger partial charge in [0, 0.05) is 18.0 Å². The van der Waals surface area contributed by atoms with E-state index in [9.17, 15) is 0 Å². The predicted octanol–water partition coefficient (Wildman–Crippen LogP) is 2.22. The third kappa shape index (κ3) is 1.27. The summed E-state index contributed by atoms with van der Waals surface area (Å²) in [5.74, 6) is 1.07. The molecular weight excluding hydrogens is 176 g/mol. The maximum atomic E-state index is 5.32. The Bertz CT molecular complexity index is 341. The van der Waals surface area contributed by atoms with Crippen LogP contribution in [0, 0.1) is 12.3 Å². The van der Waals surface area contributed by atoms with Crippen molar-refractivity contribution in [2.45, 2.75) is 39.7 Å². The Morgan fingerprint density at radius 1 is 1.50 bits per heavy atom. The van der Waals surface area contributed by atoms with Gasteiger partial charge in [0.15, 0.2) is 0 Å². The minimum atomic E-state index is 0.290. The largest absolute Gasteiger partial charge is 0.361 e. The van der Waals surface area contributed by atoms with E-state index in [4.69, 9.17) is 4.52 Å². The zero-order chi connectivity index (χ0) is 10.3. The summed E-state index contributed by atoms with van der Waals surface area (Å²) in [5, 5.41) is 7.42. The molecule has 1 aromatic rings. The van der Waals surface area contributed by atoms with E-state index >= 15 is 0 Å². The van der Waals surface area contributed by atoms with Crippen molar-refractivity contribution in [1.82, 2.24) is 10.5 Å². The molecule has 1 N–H and O–H groups in total. The Morgan fingerprint density at radius 3 is 2.86 bits per heavy atom. The quantitative estimate of drug-likeness (QED) is 0.745. The number of nitrogens with one attached hydrogen (secondary N) is 1. The first-order valence-electron chi connectivity index (χ1n) is 5.18. The van der Waals surface area contributed by atoms with E-state index in [-0.39, 0.29) is 5.41 Å². The highest BCUT2D eigenvalue weighted by molar-refractivity contribution is 5.30. The SMILES string of the molecule is CNC1c2c(C)noc2CCC1(C)C. The Hall–Kier alpha value is -0.830. The predicted molar refractivity (Wildman–Crippen MR) is 55.1 cm³/mol. The molecule has 78 valence electrons. The van der Waals surface area contributed by atoms with Crippen LogP contribution in [-0.4, -0.2) is 12.2 Å². The van der Waals surface area contributed by atoms with Gasteiger partial charge in [-0.15, -0.1) is 0 Å². The number of hydrogen-bond acceptors (Lipinski definition) is 3. The Balaban J connectivity index is 2.48. The lowest BCUT2D eigenvalue weighted by Gasteiger charge is -2.37. The monoisotopic (exact) mass is 194 g/mol. The van der Waals surface area contributed by atoms with Gasteiger partial charge in [-0.1, -0.05) is 19.0 Å². The minimum Gasteiger partial charge on any atom is -0.361 e. The van der Waals surface area contributed by atoms with Crippen molar-refractivity contribution in [2.75, 3.05) is 7.05 Å². The van der Waals surface area contributed by atoms with Crippen LogP contribution in [-0.2, 0) is 6.42 Å². The Morgan fingerprint density at radius 2 is 2.21 bits per heavy atom. The summed E-state index contributed by atoms with van der Waals surface area (Å²) in [6.45, 7) is 6.61. The molecule has 0 aliphatic heterocycles. The fourth-order valence-electron chi connectivity index (χ4n) is 2.48. The summed E-state index contributed by atoms with van der Waals surface area (Å²) in [5.41, 5.74) is 2.61. The molecule has 0 radical (unpaired) electrons. The average Bonchev–Trinajstić information content (AvgIpc) is 2.47. The first kappa shape index (κ1) is 9.71. The third-order valence-corrected chi connectivity index (χ3v) is 3.34. The smallest absolute Gasteiger partial charge is 0.141 e. The van der Waals surface area contributed by atoms with Crippen molar-refractivity contribution in [3.8, 4) is 0 Å². The number of hydrogen-bond donors (Lipinski definition) is 1. The van der Waals surface area contributed by atoms with Gasteiger partial charge >= 0.3 is 0 Å². The van der Waals surface area contributed by atoms with Crippen LogP contribution in [0.1, 0.15) is 43.3 Å². The van der Waals surface area contributed by atoms with Gasteiger partial charge in [-0.2, -0.15) is 0 Å². The molecule has 3 heteroatoms. The molecule has 0 bridgehead atoms. The van der Waals surface area contributed by atoms with E-state index in [2.05, 4.69) is 24.3 Å². The molecule has 0 saturated carbocycles. The van der Waals surface area contributed by atoms with Crippen LogP contribution in [0.5, 0.6) is 0 Å². The summed E-state index contributed by atoms with van der Waals surface area (Å²) in [4.78, 5) is 0. The van der Waals surface area contributed by atoms with Crippen LogP contribution < -0.4 is 5.32 Å². The summed E-state index contributed by atoms with van der Waals surface area (Å²) in [6.07, 6.45) is 2.17. The third-order valence-electron chi connectivity index (χ3n) is 3.34. The average molecular weight is 194 g/mol. The van der Waals surface area contributed by atoms with E-state index in [1.807, 2.05) is 14.0 Å². The number of aryl methyl sites for hydroxylation is 2. The topological polar surface area (TPSA) is 38.1 Å². The molecule has 2 rings (SSSR count). The highest BCUT2D eigenvalue weighted by Gasteiger charge is 2.38. The standard InChI is InChI=1S/C11H18N2O/c1-7-9-8(14-13-7)5-6-11(2,3)10(9)12-4/h10,12H,5-6H2,1-4H3. The van der Waals surface area contributed by atoms with E-state index < -0.39 is 0 Å². The number of fused-ring (bicyclic) bond motifs is 1. The van der Waals surface area contributed by atoms with Crippen molar-refractivity contribution in [1.29, 1.82) is 0 Å². The molecular formula is C11H18N2O. The molecule has 0 fully saturated rings. The Labute approximate surface area is 84.9 Å². The molecule has 0 spiro atoms. The van der Waals surface area contributed by atoms with Gasteiger partial charge in [0.05, 0.1) is 5.69 Å². The second-order valence-electron chi connectivity index (χ2n) is 4.82. The lowest BCUT2D eigenvalue weighted by atomic mass is 9.72. The molecule has 0 aromatic carbocycles. The summed E-state index contributed by atoms with van der Waals surface area (Å²) >= 11 is 0. The summed E-state index contributed by atoms with van der Waals surface area (Å²) in [7, 11) is 2.01. The van der Waals surface area contributed by atoms with Gasteiger partial charge in [0.1, 0.15) is 5.76 Å². The molecule has 14 heavy (non-hydrogen) atoms. The van der Waals surface area contributed by atoms with E-state index in [1.165, 1.54) is 5.56 Å². The molecule has 1 aliphatic rings. The lowest BCUT2D eigenvalue weighted by Crippen LogP contribution is -2.36. The van der Waals surface area contributed by atoms with Crippen molar-refractivity contribution in [2.24, 2.45) is 5.41 Å². The molecule has 1 unspecified atom stereocenters. The zero-order valence-corrected chi connectivity index (χ0v) is 9.35. The van der Waals surface area contributed by atoms with Crippen molar-refractivity contribution in [3.05, 3.63) is 17.0 Å². The van der Waals surface area contributed by atoms with Crippen LogP contribution in [0.2, 0.25) is 0 Å². The normalized spacial score (nSPS) is 24.7. The van der Waals surface area contributed by atoms with Gasteiger partial charge in [0.25, 0.3) is 0 Å². The second kappa shape index (κ2) is 3.09. The zero-order valence-electron chi connectivity index (χ0n) is 9.35. The van der Waals surface area contributed by atoms with E-state index in [1.54, 1.807) is 0 Å². The van der Waals surface area contributed by atoms with Crippen LogP contribution in [0.4, 0.5) is 0 Å². The van der Waals surface area contributed by atoms with Crippen LogP contribution in [0.3, 0.4) is 0 Å². The fraction of sp³-hybridized carbons (Fsp3) is 0.727. The first-order chi connectivity index (χ1) is 6.56. The van der Waals surface area contributed by atoms with E-state index in [0.717, 1.165) is 24.3 Å². The number of rotatable bonds is 1. The number of aromatic nitrogens is 1. The van der Waals surface area contributed by atoms with Crippen LogP contribution in [0.25, 0.3) is 0 Å². The molecule has 3 nitrogen and oxygen atoms in total. The molecule has 1 heterocycles. The van der Waals surface area contributed by atoms with Gasteiger partial charge in [0.2, 0.25) is 0 Å². The van der Waals surface area contributed by atoms with Crippen molar-refractivity contribution < 1.29 is 4.52 Å². The highest BCUT2D eigenvalue weighted by Crippen LogP contribution is 2.44. The fourth-order valence-corrected chi connectivity index (χ4v) is 2.48. The van der Waals surface area contributed by atoms with Crippen molar-refractivity contribution >= 4 is 0 Å². The Kier molecular flexibility index (Phi) is 2.14. The molecule has 0 saturated heterocycles. The van der Waals surface area contributed by atoms with Crippen LogP contribution in [0.15, 0.2) is 4.52 Å². The number of nitrogens with zero attached hydrogens (tertiary/aromatic N) is 1. The van der Waals surface area contributed by atoms with Gasteiger partial charge in [-0.3, -0.25) is 0 Å². The maximum absolute atomic E-state index is 5.32. The van der Waals surface area contributed by atoms with Gasteiger partial charge < -0.3 is 9.84 Å². The van der Waals surface area contributed by atoms with Gasteiger partial charge in [-0.25, -0.2) is 0 Å². The van der Waals surface area contributed by atoms with E-state index in [0.29, 0.717) is 6.04 Å². The van der Waals surface area contributed by atoms with Crippen LogP contribution >= 0.6 is 0 Å². The lowest BCUT2D eigenvalue weighted by molar-refractivity contribution is 0.204. The highest BCUT2D eigenvalue weighted by atomic mass is 16.5. The summed E-state index contributed by atoms with van der Waals surface area (Å²) in [6, 6.07) is 0.373. The van der Waals surface area contributed by atoms with Crippen molar-refractivity contribution in [3.63, 3.8) is 0 Å². The maximum Gasteiger partial charge on any atom is 0.141 e. The molecule has 0 amide bonds. The minimum absolute atomic E-state index is 0.290. The summed E-state index contributed by atoms with van der Waals surface area (Å²) < 4.78 is 5.32. The second-order valence-corrected chi connectivity index (χ2v) is 4.82. The molecule has 1 aliphatic carbocycles. The first-order valence-corrected chi connectivity index (χ1v) is 5.18.